The summed E-state index contributed by atoms with van der Waals surface area (Å²) in [6.07, 6.45) is -4.80. The summed E-state index contributed by atoms with van der Waals surface area (Å²) in [6, 6.07) is 14.1. The zero-order valence-corrected chi connectivity index (χ0v) is 20.7. The van der Waals surface area contributed by atoms with Crippen LogP contribution in [0.1, 0.15) is 24.4 Å². The third-order valence-corrected chi connectivity index (χ3v) is 5.05. The molecule has 0 aliphatic rings. The Hall–Kier alpha value is -4.68. The molecule has 0 fully saturated rings. The second kappa shape index (κ2) is 14.9. The van der Waals surface area contributed by atoms with Crippen LogP contribution in [0.25, 0.3) is 11.1 Å². The second-order valence-corrected chi connectivity index (χ2v) is 8.02. The van der Waals surface area contributed by atoms with Crippen LogP contribution in [0.15, 0.2) is 67.3 Å². The molecule has 4 amide bonds. The number of nitrogens with one attached hydrogen (secondary N) is 4. The average Bonchev–Trinajstić information content (AvgIpc) is 2.90. The lowest BCUT2D eigenvalue weighted by Crippen LogP contribution is -2.41. The van der Waals surface area contributed by atoms with E-state index in [2.05, 4.69) is 32.6 Å². The van der Waals surface area contributed by atoms with Crippen LogP contribution in [-0.2, 0) is 23.9 Å². The van der Waals surface area contributed by atoms with Gasteiger partial charge in [0.2, 0.25) is 11.8 Å². The molecule has 13 heteroatoms. The SMILES string of the molecule is C=CCNC(=O)NCCC(=O)NCC(=O)NC(CC(=O)OC(=O)C(F)(F)F)c1ccc(-c2ccccc2)cc1. The first kappa shape index (κ1) is 30.5. The predicted octanol–water partition coefficient (Wildman–Crippen LogP) is 2.52. The molecule has 0 aromatic heterocycles. The molecule has 0 saturated carbocycles. The van der Waals surface area contributed by atoms with Crippen molar-refractivity contribution in [1.82, 2.24) is 21.3 Å². The van der Waals surface area contributed by atoms with E-state index in [4.69, 9.17) is 0 Å². The van der Waals surface area contributed by atoms with Gasteiger partial charge in [-0.25, -0.2) is 9.59 Å². The molecule has 0 saturated heterocycles. The number of urea groups is 1. The highest BCUT2D eigenvalue weighted by atomic mass is 19.4. The topological polar surface area (TPSA) is 143 Å². The smallest absolute Gasteiger partial charge is 0.386 e. The van der Waals surface area contributed by atoms with E-state index in [-0.39, 0.29) is 19.5 Å². The highest BCUT2D eigenvalue weighted by Gasteiger charge is 2.42. The van der Waals surface area contributed by atoms with Gasteiger partial charge in [-0.1, -0.05) is 60.7 Å². The van der Waals surface area contributed by atoms with Crippen LogP contribution < -0.4 is 21.3 Å². The third kappa shape index (κ3) is 11.1. The maximum atomic E-state index is 12.5. The van der Waals surface area contributed by atoms with Crippen molar-refractivity contribution in [3.63, 3.8) is 0 Å². The van der Waals surface area contributed by atoms with Crippen LogP contribution in [0.3, 0.4) is 0 Å². The highest BCUT2D eigenvalue weighted by Crippen LogP contribution is 2.24. The summed E-state index contributed by atoms with van der Waals surface area (Å²) < 4.78 is 41.3. The van der Waals surface area contributed by atoms with Crippen molar-refractivity contribution < 1.29 is 41.9 Å². The number of halogens is 3. The highest BCUT2D eigenvalue weighted by molar-refractivity contribution is 5.89. The van der Waals surface area contributed by atoms with Crippen LogP contribution in [0.4, 0.5) is 18.0 Å². The third-order valence-electron chi connectivity index (χ3n) is 5.05. The number of rotatable bonds is 12. The fraction of sp³-hybridized carbons (Fsp3) is 0.269. The Balaban J connectivity index is 2.01. The largest absolute Gasteiger partial charge is 0.491 e. The Bertz CT molecular complexity index is 1170. The molecular weight excluding hydrogens is 521 g/mol. The number of carbonyl (C=O) groups is 5. The molecule has 1 unspecified atom stereocenters. The zero-order chi connectivity index (χ0) is 28.8. The quantitative estimate of drug-likeness (QED) is 0.182. The number of amides is 4. The molecule has 0 aliphatic carbocycles. The van der Waals surface area contributed by atoms with Gasteiger partial charge in [0.05, 0.1) is 19.0 Å². The summed E-state index contributed by atoms with van der Waals surface area (Å²) in [5.41, 5.74) is 2.04. The van der Waals surface area contributed by atoms with Crippen molar-refractivity contribution in [2.75, 3.05) is 19.6 Å². The van der Waals surface area contributed by atoms with E-state index in [1.807, 2.05) is 30.3 Å². The monoisotopic (exact) mass is 548 g/mol. The van der Waals surface area contributed by atoms with Gasteiger partial charge in [-0.2, -0.15) is 13.2 Å². The van der Waals surface area contributed by atoms with E-state index in [0.717, 1.165) is 11.1 Å². The lowest BCUT2D eigenvalue weighted by atomic mass is 9.99. The number of esters is 2. The Morgan fingerprint density at radius 1 is 0.872 bits per heavy atom. The lowest BCUT2D eigenvalue weighted by molar-refractivity contribution is -0.202. The van der Waals surface area contributed by atoms with E-state index in [1.165, 1.54) is 6.08 Å². The van der Waals surface area contributed by atoms with Crippen molar-refractivity contribution in [3.8, 4) is 11.1 Å². The summed E-state index contributed by atoms with van der Waals surface area (Å²) in [7, 11) is 0. The maximum absolute atomic E-state index is 12.5. The Morgan fingerprint density at radius 3 is 2.13 bits per heavy atom. The van der Waals surface area contributed by atoms with Crippen molar-refractivity contribution >= 4 is 29.8 Å². The molecule has 39 heavy (non-hydrogen) atoms. The number of hydrogen-bond donors (Lipinski definition) is 4. The van der Waals surface area contributed by atoms with Crippen molar-refractivity contribution in [2.24, 2.45) is 0 Å². The molecule has 0 aliphatic heterocycles. The average molecular weight is 549 g/mol. The first-order chi connectivity index (χ1) is 18.5. The number of alkyl halides is 3. The first-order valence-electron chi connectivity index (χ1n) is 11.7. The molecule has 2 aromatic carbocycles. The van der Waals surface area contributed by atoms with Gasteiger partial charge in [0.25, 0.3) is 0 Å². The van der Waals surface area contributed by atoms with Crippen molar-refractivity contribution in [3.05, 3.63) is 72.8 Å². The van der Waals surface area contributed by atoms with E-state index in [9.17, 15) is 37.1 Å². The molecule has 0 spiro atoms. The van der Waals surface area contributed by atoms with E-state index < -0.39 is 55.0 Å². The summed E-state index contributed by atoms with van der Waals surface area (Å²) in [4.78, 5) is 59.0. The minimum atomic E-state index is -5.36. The Kier molecular flexibility index (Phi) is 11.7. The molecule has 0 radical (unpaired) electrons. The molecule has 10 nitrogen and oxygen atoms in total. The summed E-state index contributed by atoms with van der Waals surface area (Å²) in [6.45, 7) is 3.16. The standard InChI is InChI=1S/C26H27F3N4O6/c1-2-13-30-25(38)31-14-12-21(34)32-16-22(35)33-20(15-23(36)39-24(37)26(27,28)29)19-10-8-18(9-11-19)17-6-4-3-5-7-17/h2-11,20H,1,12-16H2,(H,32,34)(H,33,35)(H2,30,31,38). The molecule has 0 bridgehead atoms. The molecule has 2 aromatic rings. The summed E-state index contributed by atoms with van der Waals surface area (Å²) in [5.74, 6) is -5.49. The van der Waals surface area contributed by atoms with E-state index in [1.54, 1.807) is 24.3 Å². The lowest BCUT2D eigenvalue weighted by Gasteiger charge is -2.19. The van der Waals surface area contributed by atoms with Crippen molar-refractivity contribution in [2.45, 2.75) is 25.1 Å². The summed E-state index contributed by atoms with van der Waals surface area (Å²) >= 11 is 0. The Labute approximate surface area is 222 Å². The number of hydrogen-bond acceptors (Lipinski definition) is 6. The van der Waals surface area contributed by atoms with Gasteiger partial charge in [-0.3, -0.25) is 14.4 Å². The summed E-state index contributed by atoms with van der Waals surface area (Å²) in [5, 5.41) is 9.68. The minimum absolute atomic E-state index is 0.00804. The predicted molar refractivity (Wildman–Crippen MR) is 134 cm³/mol. The molecule has 208 valence electrons. The van der Waals surface area contributed by atoms with Crippen LogP contribution in [0.2, 0.25) is 0 Å². The second-order valence-electron chi connectivity index (χ2n) is 8.02. The van der Waals surface area contributed by atoms with Crippen LogP contribution in [0, 0.1) is 0 Å². The fourth-order valence-corrected chi connectivity index (χ4v) is 3.19. The number of benzene rings is 2. The first-order valence-corrected chi connectivity index (χ1v) is 11.7. The molecule has 0 heterocycles. The van der Waals surface area contributed by atoms with Gasteiger partial charge in [0.1, 0.15) is 0 Å². The van der Waals surface area contributed by atoms with Gasteiger partial charge in [0.15, 0.2) is 0 Å². The molecule has 1 atom stereocenters. The van der Waals surface area contributed by atoms with Crippen LogP contribution >= 0.6 is 0 Å². The van der Waals surface area contributed by atoms with Gasteiger partial charge < -0.3 is 26.0 Å². The maximum Gasteiger partial charge on any atom is 0.491 e. The van der Waals surface area contributed by atoms with Crippen LogP contribution in [-0.4, -0.2) is 55.6 Å². The van der Waals surface area contributed by atoms with Gasteiger partial charge in [-0.05, 0) is 16.7 Å². The van der Waals surface area contributed by atoms with Gasteiger partial charge in [-0.15, -0.1) is 6.58 Å². The molecule has 2 rings (SSSR count). The zero-order valence-electron chi connectivity index (χ0n) is 20.7. The van der Waals surface area contributed by atoms with Crippen LogP contribution in [0.5, 0.6) is 0 Å². The molecular formula is C26H27F3N4O6. The van der Waals surface area contributed by atoms with Crippen molar-refractivity contribution in [1.29, 1.82) is 0 Å². The van der Waals surface area contributed by atoms with E-state index >= 15 is 0 Å². The fourth-order valence-electron chi connectivity index (χ4n) is 3.19. The number of ether oxygens (including phenoxy) is 1. The van der Waals surface area contributed by atoms with Gasteiger partial charge >= 0.3 is 24.1 Å². The number of carbonyl (C=O) groups excluding carboxylic acids is 5. The molecule has 4 N–H and O–H groups in total. The minimum Gasteiger partial charge on any atom is -0.386 e. The van der Waals surface area contributed by atoms with E-state index in [0.29, 0.717) is 5.56 Å². The van der Waals surface area contributed by atoms with Gasteiger partial charge in [0, 0.05) is 19.5 Å². The normalized spacial score (nSPS) is 11.5. The Morgan fingerprint density at radius 2 is 1.51 bits per heavy atom.